The zero-order chi connectivity index (χ0) is 18.2. The lowest BCUT2D eigenvalue weighted by atomic mass is 9.57. The van der Waals surface area contributed by atoms with Crippen molar-refractivity contribution in [3.63, 3.8) is 0 Å². The molecule has 2 aliphatic rings. The van der Waals surface area contributed by atoms with Gasteiger partial charge >= 0.3 is 0 Å². The van der Waals surface area contributed by atoms with Crippen molar-refractivity contribution in [3.05, 3.63) is 41.5 Å². The molecule has 0 unspecified atom stereocenters. The number of fused-ring (bicyclic) bond motifs is 2. The van der Waals surface area contributed by atoms with Gasteiger partial charge in [-0.25, -0.2) is 9.97 Å². The van der Waals surface area contributed by atoms with E-state index >= 15 is 0 Å². The number of aliphatic hydroxyl groups is 1. The monoisotopic (exact) mass is 378 g/mol. The highest BCUT2D eigenvalue weighted by Gasteiger charge is 2.59. The van der Waals surface area contributed by atoms with Gasteiger partial charge in [0.1, 0.15) is 10.4 Å². The second kappa shape index (κ2) is 5.13. The highest BCUT2D eigenvalue weighted by Crippen LogP contribution is 2.59. The number of thiophene rings is 1. The molecule has 6 rings (SSSR count). The van der Waals surface area contributed by atoms with E-state index in [1.807, 2.05) is 25.5 Å². The van der Waals surface area contributed by atoms with Crippen molar-refractivity contribution < 1.29 is 9.84 Å². The average Bonchev–Trinajstić information content (AvgIpc) is 3.18. The van der Waals surface area contributed by atoms with E-state index in [1.54, 1.807) is 16.0 Å². The molecule has 1 saturated carbocycles. The Morgan fingerprint density at radius 1 is 1.19 bits per heavy atom. The summed E-state index contributed by atoms with van der Waals surface area (Å²) in [6, 6.07) is 8.25. The predicted octanol–water partition coefficient (Wildman–Crippen LogP) is 3.24. The molecule has 0 radical (unpaired) electrons. The van der Waals surface area contributed by atoms with Crippen LogP contribution in [0, 0.1) is 5.41 Å². The SMILES string of the molecule is Cn1cc2cc(-c3ccc4cc(C5(O)CC6(COC6)C5)sc4n3)cnc2n1. The van der Waals surface area contributed by atoms with E-state index in [0.717, 1.165) is 63.4 Å². The molecule has 136 valence electrons. The number of hydrogen-bond acceptors (Lipinski definition) is 6. The quantitative estimate of drug-likeness (QED) is 0.580. The van der Waals surface area contributed by atoms with Crippen LogP contribution in [0.2, 0.25) is 0 Å². The van der Waals surface area contributed by atoms with Gasteiger partial charge in [0.2, 0.25) is 0 Å². The molecule has 4 aromatic heterocycles. The van der Waals surface area contributed by atoms with E-state index in [0.29, 0.717) is 0 Å². The summed E-state index contributed by atoms with van der Waals surface area (Å²) in [4.78, 5) is 11.2. The zero-order valence-corrected chi connectivity index (χ0v) is 15.7. The van der Waals surface area contributed by atoms with Crippen molar-refractivity contribution in [2.24, 2.45) is 12.5 Å². The smallest absolute Gasteiger partial charge is 0.181 e. The molecule has 0 amide bonds. The molecule has 1 saturated heterocycles. The molecular formula is C20H18N4O2S. The van der Waals surface area contributed by atoms with Crippen LogP contribution in [0.25, 0.3) is 32.5 Å². The maximum Gasteiger partial charge on any atom is 0.181 e. The molecule has 1 aliphatic heterocycles. The summed E-state index contributed by atoms with van der Waals surface area (Å²) in [5.41, 5.74) is 2.10. The average molecular weight is 378 g/mol. The Morgan fingerprint density at radius 2 is 2.04 bits per heavy atom. The summed E-state index contributed by atoms with van der Waals surface area (Å²) in [7, 11) is 1.89. The van der Waals surface area contributed by atoms with Crippen molar-refractivity contribution in [2.75, 3.05) is 13.2 Å². The fraction of sp³-hybridized carbons (Fsp3) is 0.350. The van der Waals surface area contributed by atoms with Crippen LogP contribution in [0.4, 0.5) is 0 Å². The zero-order valence-electron chi connectivity index (χ0n) is 14.8. The first-order chi connectivity index (χ1) is 13.0. The maximum absolute atomic E-state index is 11.0. The van der Waals surface area contributed by atoms with Crippen molar-refractivity contribution in [2.45, 2.75) is 18.4 Å². The Kier molecular flexibility index (Phi) is 2.98. The molecule has 4 aromatic rings. The van der Waals surface area contributed by atoms with E-state index in [1.165, 1.54) is 0 Å². The van der Waals surface area contributed by atoms with Gasteiger partial charge in [0.05, 0.1) is 18.9 Å². The molecule has 0 atom stereocenters. The Morgan fingerprint density at radius 3 is 2.81 bits per heavy atom. The minimum Gasteiger partial charge on any atom is -0.384 e. The molecule has 1 spiro atoms. The molecule has 0 bridgehead atoms. The first kappa shape index (κ1) is 15.7. The first-order valence-electron chi connectivity index (χ1n) is 9.03. The summed E-state index contributed by atoms with van der Waals surface area (Å²) < 4.78 is 7.10. The van der Waals surface area contributed by atoms with E-state index in [4.69, 9.17) is 9.72 Å². The van der Waals surface area contributed by atoms with Crippen molar-refractivity contribution >= 4 is 32.6 Å². The Bertz CT molecular complexity index is 1200. The normalized spacial score (nSPS) is 20.1. The van der Waals surface area contributed by atoms with E-state index < -0.39 is 5.60 Å². The summed E-state index contributed by atoms with van der Waals surface area (Å²) in [6.07, 6.45) is 5.36. The standard InChI is InChI=1S/C20H18N4O2S/c1-24-7-14-4-13(6-21-17(14)23-24)15-3-2-12-5-16(27-18(12)22-15)20(25)8-19(9-20)10-26-11-19/h2-7,25H,8-11H2,1H3. The lowest BCUT2D eigenvalue weighted by Crippen LogP contribution is -2.59. The number of nitrogens with zero attached hydrogens (tertiary/aromatic N) is 4. The lowest BCUT2D eigenvalue weighted by Gasteiger charge is -2.57. The Labute approximate surface area is 159 Å². The van der Waals surface area contributed by atoms with E-state index in [-0.39, 0.29) is 5.41 Å². The van der Waals surface area contributed by atoms with Crippen LogP contribution in [0.5, 0.6) is 0 Å². The summed E-state index contributed by atoms with van der Waals surface area (Å²) >= 11 is 1.59. The van der Waals surface area contributed by atoms with Crippen LogP contribution in [-0.2, 0) is 17.4 Å². The van der Waals surface area contributed by atoms with Crippen LogP contribution in [-0.4, -0.2) is 38.1 Å². The fourth-order valence-electron chi connectivity index (χ4n) is 4.44. The second-order valence-electron chi connectivity index (χ2n) is 8.02. The van der Waals surface area contributed by atoms with Crippen LogP contribution in [0.15, 0.2) is 36.7 Å². The third-order valence-electron chi connectivity index (χ3n) is 5.76. The number of ether oxygens (including phenoxy) is 1. The lowest BCUT2D eigenvalue weighted by molar-refractivity contribution is -0.243. The van der Waals surface area contributed by atoms with Gasteiger partial charge in [0.15, 0.2) is 5.65 Å². The molecule has 0 aromatic carbocycles. The topological polar surface area (TPSA) is 73.1 Å². The molecule has 1 aliphatic carbocycles. The fourth-order valence-corrected chi connectivity index (χ4v) is 5.56. The highest BCUT2D eigenvalue weighted by molar-refractivity contribution is 7.18. The van der Waals surface area contributed by atoms with Crippen LogP contribution < -0.4 is 0 Å². The Hall–Kier alpha value is -2.35. The third kappa shape index (κ3) is 2.29. The summed E-state index contributed by atoms with van der Waals surface area (Å²) in [5.74, 6) is 0. The van der Waals surface area contributed by atoms with Gasteiger partial charge in [-0.2, -0.15) is 5.10 Å². The number of rotatable bonds is 2. The third-order valence-corrected chi connectivity index (χ3v) is 7.00. The summed E-state index contributed by atoms with van der Waals surface area (Å²) in [6.45, 7) is 1.57. The molecule has 5 heterocycles. The minimum atomic E-state index is -0.717. The molecular weight excluding hydrogens is 360 g/mol. The van der Waals surface area contributed by atoms with Gasteiger partial charge in [0, 0.05) is 46.1 Å². The van der Waals surface area contributed by atoms with E-state index in [9.17, 15) is 5.11 Å². The van der Waals surface area contributed by atoms with Crippen LogP contribution in [0.1, 0.15) is 17.7 Å². The summed E-state index contributed by atoms with van der Waals surface area (Å²) in [5, 5.41) is 17.4. The van der Waals surface area contributed by atoms with Crippen molar-refractivity contribution in [1.29, 1.82) is 0 Å². The van der Waals surface area contributed by atoms with E-state index in [2.05, 4.69) is 28.3 Å². The van der Waals surface area contributed by atoms with Gasteiger partial charge in [-0.05, 0) is 37.1 Å². The van der Waals surface area contributed by atoms with Crippen LogP contribution in [0.3, 0.4) is 0 Å². The largest absolute Gasteiger partial charge is 0.384 e. The molecule has 2 fully saturated rings. The number of aromatic nitrogens is 4. The molecule has 27 heavy (non-hydrogen) atoms. The highest BCUT2D eigenvalue weighted by atomic mass is 32.1. The number of pyridine rings is 2. The molecule has 1 N–H and O–H groups in total. The minimum absolute atomic E-state index is 0.217. The van der Waals surface area contributed by atoms with Crippen molar-refractivity contribution in [3.8, 4) is 11.3 Å². The number of aryl methyl sites for hydroxylation is 1. The molecule has 6 nitrogen and oxygen atoms in total. The van der Waals surface area contributed by atoms with Gasteiger partial charge in [0.25, 0.3) is 0 Å². The molecule has 7 heteroatoms. The van der Waals surface area contributed by atoms with Crippen LogP contribution >= 0.6 is 11.3 Å². The van der Waals surface area contributed by atoms with Crippen molar-refractivity contribution in [1.82, 2.24) is 19.7 Å². The van der Waals surface area contributed by atoms with Gasteiger partial charge in [-0.3, -0.25) is 4.68 Å². The maximum atomic E-state index is 11.0. The number of hydrogen-bond donors (Lipinski definition) is 1. The van der Waals surface area contributed by atoms with Gasteiger partial charge in [-0.15, -0.1) is 11.3 Å². The first-order valence-corrected chi connectivity index (χ1v) is 9.85. The predicted molar refractivity (Wildman–Crippen MR) is 104 cm³/mol. The second-order valence-corrected chi connectivity index (χ2v) is 9.05. The van der Waals surface area contributed by atoms with Gasteiger partial charge in [-0.1, -0.05) is 0 Å². The Balaban J connectivity index is 1.37. The van der Waals surface area contributed by atoms with Gasteiger partial charge < -0.3 is 9.84 Å².